The molecule has 0 radical (unpaired) electrons. The summed E-state index contributed by atoms with van der Waals surface area (Å²) in [5.74, 6) is -0.691. The van der Waals surface area contributed by atoms with Crippen LogP contribution in [0, 0.1) is 11.6 Å². The van der Waals surface area contributed by atoms with E-state index in [0.29, 0.717) is 48.6 Å². The van der Waals surface area contributed by atoms with Gasteiger partial charge in [0.25, 0.3) is 5.91 Å². The molecule has 2 aliphatic heterocycles. The van der Waals surface area contributed by atoms with Crippen molar-refractivity contribution in [2.24, 2.45) is 0 Å². The Kier molecular flexibility index (Phi) is 8.61. The Labute approximate surface area is 238 Å². The van der Waals surface area contributed by atoms with Crippen LogP contribution in [0.25, 0.3) is 0 Å². The van der Waals surface area contributed by atoms with Gasteiger partial charge in [-0.3, -0.25) is 14.4 Å². The lowest BCUT2D eigenvalue weighted by atomic mass is 9.89. The summed E-state index contributed by atoms with van der Waals surface area (Å²) in [4.78, 5) is 42.4. The molecule has 7 nitrogen and oxygen atoms in total. The molecule has 2 heterocycles. The van der Waals surface area contributed by atoms with Gasteiger partial charge in [0, 0.05) is 42.5 Å². The Hall–Kier alpha value is -4.27. The second kappa shape index (κ2) is 12.5. The number of ether oxygens (including phenoxy) is 1. The molecule has 3 aromatic carbocycles. The lowest BCUT2D eigenvalue weighted by Gasteiger charge is -2.35. The van der Waals surface area contributed by atoms with Crippen LogP contribution in [0.3, 0.4) is 0 Å². The highest BCUT2D eigenvalue weighted by atomic mass is 19.1. The Morgan fingerprint density at radius 3 is 2.24 bits per heavy atom. The second-order valence-electron chi connectivity index (χ2n) is 10.6. The van der Waals surface area contributed by atoms with Gasteiger partial charge in [-0.2, -0.15) is 0 Å². The van der Waals surface area contributed by atoms with Gasteiger partial charge in [-0.15, -0.1) is 0 Å². The molecule has 0 unspecified atom stereocenters. The van der Waals surface area contributed by atoms with Crippen molar-refractivity contribution < 1.29 is 27.9 Å². The van der Waals surface area contributed by atoms with E-state index in [1.54, 1.807) is 11.0 Å². The third kappa shape index (κ3) is 6.56. The summed E-state index contributed by atoms with van der Waals surface area (Å²) in [6.45, 7) is 1.73. The first kappa shape index (κ1) is 28.3. The monoisotopic (exact) mass is 561 g/mol. The Morgan fingerprint density at radius 1 is 0.878 bits per heavy atom. The van der Waals surface area contributed by atoms with Gasteiger partial charge >= 0.3 is 0 Å². The number of nitrogens with one attached hydrogen (secondary N) is 1. The van der Waals surface area contributed by atoms with Gasteiger partial charge in [0.1, 0.15) is 23.4 Å². The number of carbonyl (C=O) groups is 3. The summed E-state index contributed by atoms with van der Waals surface area (Å²) in [6.07, 6.45) is 3.07. The quantitative estimate of drug-likeness (QED) is 0.432. The third-order valence-corrected chi connectivity index (χ3v) is 7.96. The molecule has 214 valence electrons. The molecule has 5 rings (SSSR count). The topological polar surface area (TPSA) is 79.0 Å². The van der Waals surface area contributed by atoms with Crippen LogP contribution in [0.4, 0.5) is 14.5 Å². The molecular weight excluding hydrogens is 528 g/mol. The van der Waals surface area contributed by atoms with Crippen molar-refractivity contribution in [3.8, 4) is 5.75 Å². The number of benzene rings is 3. The number of anilines is 1. The van der Waals surface area contributed by atoms with Crippen LogP contribution in [-0.4, -0.2) is 60.3 Å². The van der Waals surface area contributed by atoms with Gasteiger partial charge in [-0.25, -0.2) is 8.78 Å². The maximum absolute atomic E-state index is 13.4. The molecule has 0 saturated carbocycles. The Morgan fingerprint density at radius 2 is 1.56 bits per heavy atom. The number of amides is 3. The number of rotatable bonds is 7. The summed E-state index contributed by atoms with van der Waals surface area (Å²) in [5.41, 5.74) is 2.80. The lowest BCUT2D eigenvalue weighted by molar-refractivity contribution is -0.136. The predicted molar refractivity (Wildman–Crippen MR) is 151 cm³/mol. The zero-order chi connectivity index (χ0) is 28.9. The highest BCUT2D eigenvalue weighted by Gasteiger charge is 2.38. The minimum absolute atomic E-state index is 0.0211. The molecule has 0 spiro atoms. The van der Waals surface area contributed by atoms with E-state index >= 15 is 0 Å². The Balaban J connectivity index is 1.13. The predicted octanol–water partition coefficient (Wildman–Crippen LogP) is 5.17. The van der Waals surface area contributed by atoms with E-state index in [-0.39, 0.29) is 30.1 Å². The highest BCUT2D eigenvalue weighted by Crippen LogP contribution is 2.31. The number of hydrogen-bond acceptors (Lipinski definition) is 4. The highest BCUT2D eigenvalue weighted by molar-refractivity contribution is 5.98. The summed E-state index contributed by atoms with van der Waals surface area (Å²) in [5, 5.41) is 2.88. The molecular formula is C32H33F2N3O4. The van der Waals surface area contributed by atoms with Crippen molar-refractivity contribution in [3.05, 3.63) is 95.1 Å². The van der Waals surface area contributed by atoms with E-state index in [4.69, 9.17) is 4.74 Å². The first-order valence-electron chi connectivity index (χ1n) is 13.9. The van der Waals surface area contributed by atoms with Crippen molar-refractivity contribution in [3.63, 3.8) is 0 Å². The number of nitrogens with zero attached hydrogens (tertiary/aromatic N) is 2. The van der Waals surface area contributed by atoms with Crippen LogP contribution in [0.1, 0.15) is 53.1 Å². The summed E-state index contributed by atoms with van der Waals surface area (Å²) >= 11 is 0. The standard InChI is InChI=1S/C32H33F2N3O4/c1-41-29-20-26(34)11-6-24(29)19-30(38)35-27-12-7-21(8-13-27)22-14-17-36(18-15-22)32(40)28-3-2-16-37(28)31(39)23-4-9-25(33)10-5-23/h4-13,20,22,28H,2-3,14-19H2,1H3,(H,35,38)/t28-/m0/s1. The third-order valence-electron chi connectivity index (χ3n) is 7.96. The van der Waals surface area contributed by atoms with Gasteiger partial charge in [0.15, 0.2) is 0 Å². The van der Waals surface area contributed by atoms with E-state index in [0.717, 1.165) is 24.8 Å². The summed E-state index contributed by atoms with van der Waals surface area (Å²) in [7, 11) is 1.44. The minimum atomic E-state index is -0.484. The molecule has 41 heavy (non-hydrogen) atoms. The van der Waals surface area contributed by atoms with Gasteiger partial charge < -0.3 is 19.9 Å². The van der Waals surface area contributed by atoms with Crippen molar-refractivity contribution in [2.75, 3.05) is 32.1 Å². The number of hydrogen-bond donors (Lipinski definition) is 1. The molecule has 0 aliphatic carbocycles. The van der Waals surface area contributed by atoms with E-state index in [9.17, 15) is 23.2 Å². The molecule has 3 amide bonds. The summed E-state index contributed by atoms with van der Waals surface area (Å²) < 4.78 is 31.9. The number of piperidine rings is 1. The molecule has 2 aliphatic rings. The van der Waals surface area contributed by atoms with Crippen LogP contribution >= 0.6 is 0 Å². The zero-order valence-electron chi connectivity index (χ0n) is 22.9. The first-order valence-corrected chi connectivity index (χ1v) is 13.9. The average molecular weight is 562 g/mol. The fraction of sp³-hybridized carbons (Fsp3) is 0.344. The van der Waals surface area contributed by atoms with Crippen LogP contribution in [0.15, 0.2) is 66.7 Å². The van der Waals surface area contributed by atoms with Gasteiger partial charge in [0.05, 0.1) is 13.5 Å². The normalized spacial score (nSPS) is 17.4. The van der Waals surface area contributed by atoms with E-state index in [1.165, 1.54) is 43.5 Å². The van der Waals surface area contributed by atoms with Gasteiger partial charge in [-0.05, 0) is 79.6 Å². The van der Waals surface area contributed by atoms with E-state index < -0.39 is 17.7 Å². The number of methoxy groups -OCH3 is 1. The smallest absolute Gasteiger partial charge is 0.254 e. The molecule has 9 heteroatoms. The fourth-order valence-corrected chi connectivity index (χ4v) is 5.75. The first-order chi connectivity index (χ1) is 19.8. The van der Waals surface area contributed by atoms with Crippen molar-refractivity contribution in [2.45, 2.75) is 44.1 Å². The average Bonchev–Trinajstić information content (AvgIpc) is 3.48. The molecule has 1 atom stereocenters. The van der Waals surface area contributed by atoms with Crippen LogP contribution < -0.4 is 10.1 Å². The second-order valence-corrected chi connectivity index (χ2v) is 10.6. The van der Waals surface area contributed by atoms with Gasteiger partial charge in [0.2, 0.25) is 11.8 Å². The molecule has 0 aromatic heterocycles. The number of likely N-dealkylation sites (tertiary alicyclic amines) is 2. The SMILES string of the molecule is COc1cc(F)ccc1CC(=O)Nc1ccc(C2CCN(C(=O)[C@@H]3CCCN3C(=O)c3ccc(F)cc3)CC2)cc1. The molecule has 1 N–H and O–H groups in total. The number of carbonyl (C=O) groups excluding carboxylic acids is 3. The maximum atomic E-state index is 13.4. The summed E-state index contributed by atoms with van der Waals surface area (Å²) in [6, 6.07) is 16.8. The van der Waals surface area contributed by atoms with Crippen LogP contribution in [0.2, 0.25) is 0 Å². The zero-order valence-corrected chi connectivity index (χ0v) is 22.9. The van der Waals surface area contributed by atoms with Crippen LogP contribution in [0.5, 0.6) is 5.75 Å². The van der Waals surface area contributed by atoms with Crippen LogP contribution in [-0.2, 0) is 16.0 Å². The van der Waals surface area contributed by atoms with Crippen molar-refractivity contribution >= 4 is 23.4 Å². The molecule has 2 fully saturated rings. The number of halogens is 2. The van der Waals surface area contributed by atoms with E-state index in [1.807, 2.05) is 29.2 Å². The molecule has 0 bridgehead atoms. The lowest BCUT2D eigenvalue weighted by Crippen LogP contribution is -2.49. The fourth-order valence-electron chi connectivity index (χ4n) is 5.75. The van der Waals surface area contributed by atoms with Gasteiger partial charge in [-0.1, -0.05) is 18.2 Å². The minimum Gasteiger partial charge on any atom is -0.496 e. The van der Waals surface area contributed by atoms with Crippen molar-refractivity contribution in [1.82, 2.24) is 9.80 Å². The Bertz CT molecular complexity index is 1400. The van der Waals surface area contributed by atoms with Crippen molar-refractivity contribution in [1.29, 1.82) is 0 Å². The maximum Gasteiger partial charge on any atom is 0.254 e. The molecule has 3 aromatic rings. The largest absolute Gasteiger partial charge is 0.496 e. The molecule has 2 saturated heterocycles. The van der Waals surface area contributed by atoms with E-state index in [2.05, 4.69) is 5.32 Å².